The minimum Gasteiger partial charge on any atom is -0.350 e. The molecule has 0 aliphatic carbocycles. The summed E-state index contributed by atoms with van der Waals surface area (Å²) in [6.45, 7) is 1.57. The fourth-order valence-corrected chi connectivity index (χ4v) is 0.290. The summed E-state index contributed by atoms with van der Waals surface area (Å²) in [5, 5.41) is 3.45. The summed E-state index contributed by atoms with van der Waals surface area (Å²) in [6, 6.07) is -0.742. The van der Waals surface area contributed by atoms with Crippen LogP contribution in [0, 0.1) is 0 Å². The smallest absolute Gasteiger partial charge is 0.332 e. The number of urea groups is 1. The Morgan fingerprint density at radius 2 is 2.20 bits per heavy atom. The Hall–Kier alpha value is -0.480. The average molecular weight is 184 g/mol. The van der Waals surface area contributed by atoms with E-state index in [4.69, 9.17) is 28.9 Å². The van der Waals surface area contributed by atoms with Crippen molar-refractivity contribution in [2.45, 2.75) is 11.8 Å². The van der Waals surface area contributed by atoms with Crippen LogP contribution in [0.25, 0.3) is 0 Å². The number of nitrogens with two attached hydrogens (primary N) is 1. The van der Waals surface area contributed by atoms with Crippen molar-refractivity contribution in [3.63, 3.8) is 0 Å². The molecular formula is C4H7Cl2N3O. The van der Waals surface area contributed by atoms with Crippen LogP contribution in [0.4, 0.5) is 4.79 Å². The Morgan fingerprint density at radius 3 is 2.50 bits per heavy atom. The lowest BCUT2D eigenvalue weighted by atomic mass is 10.5. The summed E-state index contributed by atoms with van der Waals surface area (Å²) in [5.41, 5.74) is 7.07. The summed E-state index contributed by atoms with van der Waals surface area (Å²) in [6.07, 6.45) is 0. The number of carbonyl (C=O) groups is 1. The molecule has 0 fully saturated rings. The van der Waals surface area contributed by atoms with Gasteiger partial charge in [-0.1, -0.05) is 23.2 Å². The van der Waals surface area contributed by atoms with Crippen LogP contribution < -0.4 is 11.2 Å². The van der Waals surface area contributed by atoms with Crippen molar-refractivity contribution in [2.24, 2.45) is 10.8 Å². The van der Waals surface area contributed by atoms with Crippen molar-refractivity contribution < 1.29 is 4.79 Å². The lowest BCUT2D eigenvalue weighted by molar-refractivity contribution is 0.249. The molecule has 0 radical (unpaired) electrons. The Kier molecular flexibility index (Phi) is 4.14. The Labute approximate surface area is 68.4 Å². The number of primary amides is 1. The number of alkyl halides is 2. The molecule has 0 bridgehead atoms. The van der Waals surface area contributed by atoms with Gasteiger partial charge in [-0.05, 0) is 6.92 Å². The molecule has 0 rings (SSSR count). The molecule has 0 aromatic heterocycles. The predicted octanol–water partition coefficient (Wildman–Crippen LogP) is 0.834. The third-order valence-electron chi connectivity index (χ3n) is 0.658. The number of nitrogens with zero attached hydrogens (tertiary/aromatic N) is 1. The van der Waals surface area contributed by atoms with Crippen molar-refractivity contribution in [2.75, 3.05) is 0 Å². The highest BCUT2D eigenvalue weighted by Crippen LogP contribution is 2.02. The second kappa shape index (κ2) is 4.35. The Bertz CT molecular complexity index is 157. The summed E-state index contributed by atoms with van der Waals surface area (Å²) < 4.78 is 0. The van der Waals surface area contributed by atoms with E-state index in [9.17, 15) is 4.79 Å². The summed E-state index contributed by atoms with van der Waals surface area (Å²) in [5.74, 6) is 0. The van der Waals surface area contributed by atoms with Gasteiger partial charge in [0.2, 0.25) is 0 Å². The normalized spacial score (nSPS) is 11.8. The molecule has 0 aromatic carbocycles. The summed E-state index contributed by atoms with van der Waals surface area (Å²) in [4.78, 5) is 9.33. The zero-order valence-corrected chi connectivity index (χ0v) is 6.78. The first-order chi connectivity index (χ1) is 4.54. The van der Waals surface area contributed by atoms with Crippen molar-refractivity contribution in [3.8, 4) is 0 Å². The van der Waals surface area contributed by atoms with Gasteiger partial charge in [0.15, 0.2) is 0 Å². The molecule has 0 unspecified atom stereocenters. The average Bonchev–Trinajstić information content (AvgIpc) is 1.82. The van der Waals surface area contributed by atoms with Gasteiger partial charge in [0.05, 0.1) is 5.71 Å². The van der Waals surface area contributed by atoms with Crippen LogP contribution in [0.2, 0.25) is 0 Å². The van der Waals surface area contributed by atoms with E-state index in [0.29, 0.717) is 5.71 Å². The largest absolute Gasteiger partial charge is 0.350 e. The molecule has 0 spiro atoms. The van der Waals surface area contributed by atoms with Gasteiger partial charge in [-0.15, -0.1) is 0 Å². The maximum absolute atomic E-state index is 10.0. The molecule has 0 heterocycles. The minimum atomic E-state index is -0.742. The van der Waals surface area contributed by atoms with Gasteiger partial charge in [-0.25, -0.2) is 10.2 Å². The minimum absolute atomic E-state index is 0.391. The number of nitrogens with one attached hydrogen (secondary N) is 1. The maximum atomic E-state index is 10.0. The van der Waals surface area contributed by atoms with Crippen LogP contribution in [-0.2, 0) is 0 Å². The SMILES string of the molecule is CC(=NNC(N)=O)C(Cl)Cl. The van der Waals surface area contributed by atoms with Crippen LogP contribution in [0.3, 0.4) is 0 Å². The van der Waals surface area contributed by atoms with E-state index in [-0.39, 0.29) is 0 Å². The number of amides is 2. The highest BCUT2D eigenvalue weighted by Gasteiger charge is 2.01. The van der Waals surface area contributed by atoms with Crippen molar-refractivity contribution in [1.29, 1.82) is 0 Å². The second-order valence-corrected chi connectivity index (χ2v) is 2.63. The number of hydrogen-bond donors (Lipinski definition) is 2. The summed E-state index contributed by atoms with van der Waals surface area (Å²) >= 11 is 10.7. The van der Waals surface area contributed by atoms with Gasteiger partial charge in [0.1, 0.15) is 4.84 Å². The van der Waals surface area contributed by atoms with Gasteiger partial charge in [0, 0.05) is 0 Å². The predicted molar refractivity (Wildman–Crippen MR) is 41.3 cm³/mol. The van der Waals surface area contributed by atoms with Crippen molar-refractivity contribution in [3.05, 3.63) is 0 Å². The molecule has 0 aliphatic rings. The van der Waals surface area contributed by atoms with E-state index in [0.717, 1.165) is 0 Å². The molecular weight excluding hydrogens is 177 g/mol. The quantitative estimate of drug-likeness (QED) is 0.372. The first kappa shape index (κ1) is 9.52. The van der Waals surface area contributed by atoms with E-state index < -0.39 is 10.9 Å². The number of carbonyl (C=O) groups excluding carboxylic acids is 1. The van der Waals surface area contributed by atoms with Crippen molar-refractivity contribution >= 4 is 34.9 Å². The third kappa shape index (κ3) is 4.40. The number of rotatable bonds is 2. The van der Waals surface area contributed by atoms with Crippen molar-refractivity contribution in [1.82, 2.24) is 5.43 Å². The molecule has 0 aliphatic heterocycles. The second-order valence-electron chi connectivity index (χ2n) is 1.53. The molecule has 10 heavy (non-hydrogen) atoms. The molecule has 0 atom stereocenters. The van der Waals surface area contributed by atoms with E-state index in [2.05, 4.69) is 5.10 Å². The summed E-state index contributed by atoms with van der Waals surface area (Å²) in [7, 11) is 0. The van der Waals surface area contributed by atoms with Gasteiger partial charge < -0.3 is 5.73 Å². The fraction of sp³-hybridized carbons (Fsp3) is 0.500. The first-order valence-electron chi connectivity index (χ1n) is 2.42. The Morgan fingerprint density at radius 1 is 1.70 bits per heavy atom. The Balaban J connectivity index is 3.80. The van der Waals surface area contributed by atoms with Gasteiger partial charge in [-0.2, -0.15) is 5.10 Å². The molecule has 0 saturated carbocycles. The van der Waals surface area contributed by atoms with E-state index in [1.165, 1.54) is 0 Å². The topological polar surface area (TPSA) is 67.5 Å². The van der Waals surface area contributed by atoms with E-state index in [1.54, 1.807) is 6.92 Å². The lowest BCUT2D eigenvalue weighted by Gasteiger charge is -1.98. The highest BCUT2D eigenvalue weighted by atomic mass is 35.5. The monoisotopic (exact) mass is 183 g/mol. The first-order valence-corrected chi connectivity index (χ1v) is 3.29. The molecule has 0 aromatic rings. The molecule has 6 heteroatoms. The van der Waals surface area contributed by atoms with Crippen LogP contribution in [-0.4, -0.2) is 16.6 Å². The molecule has 4 nitrogen and oxygen atoms in total. The van der Waals surface area contributed by atoms with Crippen LogP contribution in [0.15, 0.2) is 5.10 Å². The molecule has 58 valence electrons. The lowest BCUT2D eigenvalue weighted by Crippen LogP contribution is -2.26. The number of hydrazone groups is 1. The zero-order valence-electron chi connectivity index (χ0n) is 5.27. The number of halogens is 2. The zero-order chi connectivity index (χ0) is 8.15. The van der Waals surface area contributed by atoms with E-state index in [1.807, 2.05) is 5.43 Å². The van der Waals surface area contributed by atoms with Gasteiger partial charge in [-0.3, -0.25) is 0 Å². The fourth-order valence-electron chi connectivity index (χ4n) is 0.192. The maximum Gasteiger partial charge on any atom is 0.332 e. The van der Waals surface area contributed by atoms with Gasteiger partial charge >= 0.3 is 6.03 Å². The highest BCUT2D eigenvalue weighted by molar-refractivity contribution is 6.54. The number of hydrogen-bond acceptors (Lipinski definition) is 2. The van der Waals surface area contributed by atoms with Crippen LogP contribution in [0.5, 0.6) is 0 Å². The van der Waals surface area contributed by atoms with Crippen LogP contribution in [0.1, 0.15) is 6.92 Å². The molecule has 3 N–H and O–H groups in total. The third-order valence-corrected chi connectivity index (χ3v) is 1.29. The molecule has 2 amide bonds. The molecule has 0 saturated heterocycles. The van der Waals surface area contributed by atoms with Crippen LogP contribution >= 0.6 is 23.2 Å². The van der Waals surface area contributed by atoms with E-state index >= 15 is 0 Å². The van der Waals surface area contributed by atoms with Gasteiger partial charge in [0.25, 0.3) is 0 Å². The standard InChI is InChI=1S/C4H7Cl2N3O/c1-2(3(5)6)8-9-4(7)10/h3H,1H3,(H3,7,9,10).